The second-order valence-electron chi connectivity index (χ2n) is 18.2. The highest BCUT2D eigenvalue weighted by Gasteiger charge is 2.25. The number of nitrogens with zero attached hydrogens (tertiary/aromatic N) is 4. The minimum atomic E-state index is -0.426. The van der Waals surface area contributed by atoms with Crippen LogP contribution in [0.25, 0.3) is 72.3 Å². The number of hydrogen-bond donors (Lipinski definition) is 0. The second kappa shape index (κ2) is 15.0. The lowest BCUT2D eigenvalue weighted by atomic mass is 9.80. The third-order valence-electron chi connectivity index (χ3n) is 11.8. The molecule has 0 bridgehead atoms. The average Bonchev–Trinajstić information content (AvgIpc) is 3.86. The number of pyridine rings is 1. The summed E-state index contributed by atoms with van der Waals surface area (Å²) in [5, 5.41) is 2.05. The standard InChI is InChI=1S/C57H51N4O/c1-38-29-55(58-36-50(38)40-19-12-9-13-20-40)61-51-28-25-41(39-17-10-8-11-18-39)30-49(51)48-27-26-47(35-54(48)61)62-46-22-16-21-44(34-46)59-37-60(53-24-15-14-23-52(53)59)45-32-42(56(2,3)4)31-43(33-45)57(5,6)7/h8-37H,1-7H3/q+1/i9D,12D,13D,19D,20D. The molecule has 3 aromatic heterocycles. The summed E-state index contributed by atoms with van der Waals surface area (Å²) in [5.74, 6) is 1.94. The first kappa shape index (κ1) is 33.5. The Morgan fingerprint density at radius 1 is 0.581 bits per heavy atom. The SMILES string of the molecule is [2H]c1c([2H])c([2H])c(-c2cnc(-n3c4ccc(-c5ccccc5)cc4c4ccc(Oc5cccc(-n6c[n+](-c7cc(C(C)(C)C)cc(C(C)(C)C)c7)c7ccccc76)c5)cc43)cc2C)c([2H])c1[2H]. The maximum absolute atomic E-state index is 8.65. The normalized spacial score (nSPS) is 13.2. The highest BCUT2D eigenvalue weighted by atomic mass is 16.5. The number of imidazole rings is 1. The molecule has 0 fully saturated rings. The fraction of sp³-hybridized carbons (Fsp3) is 0.158. The van der Waals surface area contributed by atoms with Crippen LogP contribution in [0, 0.1) is 6.92 Å². The van der Waals surface area contributed by atoms with Crippen LogP contribution in [0.5, 0.6) is 11.5 Å². The summed E-state index contributed by atoms with van der Waals surface area (Å²) < 4.78 is 55.4. The Morgan fingerprint density at radius 2 is 1.31 bits per heavy atom. The van der Waals surface area contributed by atoms with Gasteiger partial charge in [-0.2, -0.15) is 9.13 Å². The smallest absolute Gasteiger partial charge is 0.255 e. The Balaban J connectivity index is 1.08. The summed E-state index contributed by atoms with van der Waals surface area (Å²) in [5.41, 5.74) is 12.1. The monoisotopic (exact) mass is 812 g/mol. The first-order valence-electron chi connectivity index (χ1n) is 23.6. The molecule has 0 unspecified atom stereocenters. The summed E-state index contributed by atoms with van der Waals surface area (Å²) in [4.78, 5) is 4.93. The number of aromatic nitrogens is 4. The van der Waals surface area contributed by atoms with Crippen molar-refractivity contribution in [2.24, 2.45) is 0 Å². The summed E-state index contributed by atoms with van der Waals surface area (Å²) in [6.07, 6.45) is 3.78. The van der Waals surface area contributed by atoms with Gasteiger partial charge in [-0.15, -0.1) is 0 Å². The van der Waals surface area contributed by atoms with Gasteiger partial charge in [0.2, 0.25) is 0 Å². The Bertz CT molecular complexity index is 3540. The van der Waals surface area contributed by atoms with Crippen LogP contribution in [0.2, 0.25) is 0 Å². The van der Waals surface area contributed by atoms with Gasteiger partial charge in [-0.1, -0.05) is 132 Å². The van der Waals surface area contributed by atoms with Crippen molar-refractivity contribution in [3.8, 4) is 50.9 Å². The van der Waals surface area contributed by atoms with Gasteiger partial charge in [0.25, 0.3) is 6.33 Å². The molecule has 0 spiro atoms. The lowest BCUT2D eigenvalue weighted by Crippen LogP contribution is -2.31. The Labute approximate surface area is 371 Å². The molecule has 0 saturated carbocycles. The zero-order valence-electron chi connectivity index (χ0n) is 41.1. The van der Waals surface area contributed by atoms with E-state index in [2.05, 4.69) is 153 Å². The molecule has 0 aliphatic heterocycles. The number of rotatable bonds is 7. The molecule has 0 radical (unpaired) electrons. The predicted molar refractivity (Wildman–Crippen MR) is 256 cm³/mol. The Hall–Kier alpha value is -7.24. The lowest BCUT2D eigenvalue weighted by molar-refractivity contribution is -0.567. The molecule has 0 saturated heterocycles. The van der Waals surface area contributed by atoms with Crippen LogP contribution < -0.4 is 9.30 Å². The molecule has 10 rings (SSSR count). The van der Waals surface area contributed by atoms with Crippen molar-refractivity contribution in [3.63, 3.8) is 0 Å². The first-order chi connectivity index (χ1) is 32.0. The van der Waals surface area contributed by atoms with Crippen molar-refractivity contribution in [3.05, 3.63) is 199 Å². The topological polar surface area (TPSA) is 35.9 Å². The maximum Gasteiger partial charge on any atom is 0.255 e. The van der Waals surface area contributed by atoms with Gasteiger partial charge >= 0.3 is 0 Å². The highest BCUT2D eigenvalue weighted by Crippen LogP contribution is 2.38. The van der Waals surface area contributed by atoms with Gasteiger partial charge in [0.1, 0.15) is 28.7 Å². The molecule has 0 aliphatic rings. The van der Waals surface area contributed by atoms with Crippen LogP contribution in [-0.2, 0) is 10.8 Å². The molecule has 0 amide bonds. The van der Waals surface area contributed by atoms with Crippen molar-refractivity contribution in [1.82, 2.24) is 14.1 Å². The quantitative estimate of drug-likeness (QED) is 0.150. The van der Waals surface area contributed by atoms with E-state index in [9.17, 15) is 0 Å². The van der Waals surface area contributed by atoms with E-state index in [0.29, 0.717) is 22.9 Å². The van der Waals surface area contributed by atoms with Crippen LogP contribution in [0.3, 0.4) is 0 Å². The van der Waals surface area contributed by atoms with E-state index in [1.165, 1.54) is 11.1 Å². The zero-order valence-corrected chi connectivity index (χ0v) is 36.1. The fourth-order valence-electron chi connectivity index (χ4n) is 8.40. The summed E-state index contributed by atoms with van der Waals surface area (Å²) >= 11 is 0. The number of para-hydroxylation sites is 2. The summed E-state index contributed by atoms with van der Waals surface area (Å²) in [7, 11) is 0. The van der Waals surface area contributed by atoms with Crippen molar-refractivity contribution < 1.29 is 16.2 Å². The zero-order chi connectivity index (χ0) is 47.1. The summed E-state index contributed by atoms with van der Waals surface area (Å²) in [6.45, 7) is 15.5. The van der Waals surface area contributed by atoms with Gasteiger partial charge in [0, 0.05) is 34.7 Å². The third kappa shape index (κ3) is 7.13. The van der Waals surface area contributed by atoms with Gasteiger partial charge in [-0.05, 0) is 118 Å². The van der Waals surface area contributed by atoms with E-state index < -0.39 is 6.04 Å². The van der Waals surface area contributed by atoms with Crippen molar-refractivity contribution >= 4 is 32.8 Å². The molecular formula is C57H51N4O+. The number of aryl methyl sites for hydroxylation is 1. The van der Waals surface area contributed by atoms with E-state index in [1.807, 2.05) is 55.5 Å². The number of ether oxygens (including phenoxy) is 1. The molecule has 7 aromatic carbocycles. The second-order valence-corrected chi connectivity index (χ2v) is 18.2. The van der Waals surface area contributed by atoms with Crippen molar-refractivity contribution in [2.75, 3.05) is 0 Å². The molecule has 3 heterocycles. The number of benzene rings is 7. The largest absolute Gasteiger partial charge is 0.457 e. The minimum Gasteiger partial charge on any atom is -0.457 e. The maximum atomic E-state index is 8.65. The first-order valence-corrected chi connectivity index (χ1v) is 21.1. The Kier molecular flexibility index (Phi) is 8.12. The van der Waals surface area contributed by atoms with Crippen LogP contribution in [0.4, 0.5) is 0 Å². The van der Waals surface area contributed by atoms with E-state index in [-0.39, 0.29) is 40.6 Å². The molecule has 5 heteroatoms. The molecule has 10 aromatic rings. The molecule has 0 N–H and O–H groups in total. The van der Waals surface area contributed by atoms with E-state index in [1.54, 1.807) is 6.20 Å². The lowest BCUT2D eigenvalue weighted by Gasteiger charge is -2.25. The Morgan fingerprint density at radius 3 is 2.05 bits per heavy atom. The van der Waals surface area contributed by atoms with Gasteiger partial charge < -0.3 is 4.74 Å². The van der Waals surface area contributed by atoms with Crippen LogP contribution in [0.1, 0.15) is 65.1 Å². The molecule has 0 atom stereocenters. The minimum absolute atomic E-state index is 0.0272. The molecule has 0 aliphatic carbocycles. The molecule has 304 valence electrons. The van der Waals surface area contributed by atoms with Gasteiger partial charge in [-0.3, -0.25) is 4.57 Å². The molecule has 5 nitrogen and oxygen atoms in total. The number of fused-ring (bicyclic) bond motifs is 4. The van der Waals surface area contributed by atoms with Gasteiger partial charge in [-0.25, -0.2) is 4.98 Å². The van der Waals surface area contributed by atoms with Crippen molar-refractivity contribution in [1.29, 1.82) is 0 Å². The van der Waals surface area contributed by atoms with E-state index in [4.69, 9.17) is 16.6 Å². The van der Waals surface area contributed by atoms with Gasteiger partial charge in [0.15, 0.2) is 11.0 Å². The number of hydrogen-bond acceptors (Lipinski definition) is 2. The fourth-order valence-corrected chi connectivity index (χ4v) is 8.40. The molecule has 62 heavy (non-hydrogen) atoms. The van der Waals surface area contributed by atoms with Crippen LogP contribution in [0.15, 0.2) is 182 Å². The van der Waals surface area contributed by atoms with Crippen molar-refractivity contribution in [2.45, 2.75) is 59.3 Å². The van der Waals surface area contributed by atoms with Crippen LogP contribution in [-0.4, -0.2) is 14.1 Å². The predicted octanol–water partition coefficient (Wildman–Crippen LogP) is 14.4. The highest BCUT2D eigenvalue weighted by molar-refractivity contribution is 6.10. The summed E-state index contributed by atoms with van der Waals surface area (Å²) in [6, 6.07) is 46.7. The van der Waals surface area contributed by atoms with Crippen LogP contribution >= 0.6 is 0 Å². The average molecular weight is 813 g/mol. The van der Waals surface area contributed by atoms with E-state index >= 15 is 0 Å². The van der Waals surface area contributed by atoms with E-state index in [0.717, 1.165) is 60.9 Å². The third-order valence-corrected chi connectivity index (χ3v) is 11.8. The molecular weight excluding hydrogens is 757 g/mol. The van der Waals surface area contributed by atoms with Gasteiger partial charge in [0.05, 0.1) is 17.9 Å².